The summed E-state index contributed by atoms with van der Waals surface area (Å²) in [5.74, 6) is -0.336. The van der Waals surface area contributed by atoms with Crippen LogP contribution in [0.2, 0.25) is 0 Å². The molecule has 132 valence electrons. The normalized spacial score (nSPS) is 15.1. The quantitative estimate of drug-likeness (QED) is 0.752. The topological polar surface area (TPSA) is 61.4 Å². The van der Waals surface area contributed by atoms with Gasteiger partial charge in [-0.1, -0.05) is 23.6 Å². The van der Waals surface area contributed by atoms with Crippen LogP contribution in [0.3, 0.4) is 0 Å². The van der Waals surface area contributed by atoms with Crippen LogP contribution in [0.15, 0.2) is 18.2 Å². The van der Waals surface area contributed by atoms with Gasteiger partial charge in [-0.25, -0.2) is 0 Å². The number of rotatable bonds is 7. The first-order chi connectivity index (χ1) is 11.5. The van der Waals surface area contributed by atoms with E-state index < -0.39 is 0 Å². The van der Waals surface area contributed by atoms with E-state index in [-0.39, 0.29) is 18.4 Å². The maximum absolute atomic E-state index is 12.1. The minimum atomic E-state index is -0.203. The van der Waals surface area contributed by atoms with Crippen LogP contribution in [0.5, 0.6) is 0 Å². The van der Waals surface area contributed by atoms with E-state index in [1.165, 1.54) is 32.4 Å². The molecule has 0 saturated carbocycles. The highest BCUT2D eigenvalue weighted by Crippen LogP contribution is 2.09. The minimum absolute atomic E-state index is 0.0234. The summed E-state index contributed by atoms with van der Waals surface area (Å²) in [6, 6.07) is 5.68. The van der Waals surface area contributed by atoms with Gasteiger partial charge in [0.05, 0.1) is 6.54 Å². The molecule has 1 heterocycles. The lowest BCUT2D eigenvalue weighted by atomic mass is 10.1. The summed E-state index contributed by atoms with van der Waals surface area (Å²) in [6.07, 6.45) is 4.87. The Morgan fingerprint density at radius 1 is 1.00 bits per heavy atom. The molecule has 1 aromatic rings. The number of carbonyl (C=O) groups is 2. The molecule has 0 aliphatic carbocycles. The Bertz CT molecular complexity index is 545. The molecule has 2 amide bonds. The average molecular weight is 331 g/mol. The third kappa shape index (κ3) is 6.32. The fourth-order valence-electron chi connectivity index (χ4n) is 3.14. The highest BCUT2D eigenvalue weighted by Gasteiger charge is 2.10. The third-order valence-electron chi connectivity index (χ3n) is 4.32. The Labute approximate surface area is 144 Å². The monoisotopic (exact) mass is 331 g/mol. The maximum Gasteiger partial charge on any atom is 0.251 e. The molecule has 1 aromatic carbocycles. The second kappa shape index (κ2) is 9.42. The lowest BCUT2D eigenvalue weighted by molar-refractivity contribution is -0.120. The Hall–Kier alpha value is -1.88. The molecule has 0 atom stereocenters. The van der Waals surface area contributed by atoms with Crippen molar-refractivity contribution in [1.82, 2.24) is 15.5 Å². The van der Waals surface area contributed by atoms with Crippen molar-refractivity contribution in [2.75, 3.05) is 32.7 Å². The van der Waals surface area contributed by atoms with E-state index in [0.29, 0.717) is 12.1 Å². The smallest absolute Gasteiger partial charge is 0.251 e. The average Bonchev–Trinajstić information content (AvgIpc) is 2.56. The van der Waals surface area contributed by atoms with Crippen LogP contribution in [0.25, 0.3) is 0 Å². The first kappa shape index (κ1) is 18.5. The molecule has 1 aliphatic heterocycles. The van der Waals surface area contributed by atoms with Gasteiger partial charge in [-0.05, 0) is 64.9 Å². The van der Waals surface area contributed by atoms with E-state index in [0.717, 1.165) is 24.1 Å². The van der Waals surface area contributed by atoms with Crippen LogP contribution in [-0.4, -0.2) is 49.4 Å². The zero-order valence-electron chi connectivity index (χ0n) is 14.9. The number of nitrogens with one attached hydrogen (secondary N) is 2. The Kier molecular flexibility index (Phi) is 7.25. The Morgan fingerprint density at radius 2 is 1.67 bits per heavy atom. The van der Waals surface area contributed by atoms with E-state index in [4.69, 9.17) is 0 Å². The zero-order chi connectivity index (χ0) is 17.4. The van der Waals surface area contributed by atoms with Crippen molar-refractivity contribution in [3.05, 3.63) is 34.9 Å². The largest absolute Gasteiger partial charge is 0.355 e. The summed E-state index contributed by atoms with van der Waals surface area (Å²) in [5.41, 5.74) is 2.69. The predicted molar refractivity (Wildman–Crippen MR) is 96.2 cm³/mol. The highest BCUT2D eigenvalue weighted by atomic mass is 16.2. The van der Waals surface area contributed by atoms with Gasteiger partial charge in [-0.15, -0.1) is 0 Å². The molecular weight excluding hydrogens is 302 g/mol. The third-order valence-corrected chi connectivity index (χ3v) is 4.32. The van der Waals surface area contributed by atoms with Crippen molar-refractivity contribution in [3.8, 4) is 0 Å². The van der Waals surface area contributed by atoms with E-state index in [1.54, 1.807) is 0 Å². The van der Waals surface area contributed by atoms with E-state index in [2.05, 4.69) is 15.5 Å². The molecule has 2 N–H and O–H groups in total. The van der Waals surface area contributed by atoms with E-state index in [1.807, 2.05) is 32.0 Å². The standard InChI is InChI=1S/C19H29N3O2/c1-15-11-16(2)13-17(12-15)19(24)21-14-18(23)20-7-6-10-22-8-4-3-5-9-22/h11-13H,3-10,14H2,1-2H3,(H,20,23)(H,21,24). The van der Waals surface area contributed by atoms with Crippen LogP contribution in [0.4, 0.5) is 0 Å². The Balaban J connectivity index is 1.62. The van der Waals surface area contributed by atoms with Gasteiger partial charge in [0.25, 0.3) is 5.91 Å². The minimum Gasteiger partial charge on any atom is -0.355 e. The fourth-order valence-corrected chi connectivity index (χ4v) is 3.14. The summed E-state index contributed by atoms with van der Waals surface area (Å²) in [7, 11) is 0. The molecule has 0 aromatic heterocycles. The number of piperidine rings is 1. The molecule has 1 fully saturated rings. The summed E-state index contributed by atoms with van der Waals surface area (Å²) < 4.78 is 0. The van der Waals surface area contributed by atoms with Crippen LogP contribution in [-0.2, 0) is 4.79 Å². The lowest BCUT2D eigenvalue weighted by Crippen LogP contribution is -2.38. The first-order valence-electron chi connectivity index (χ1n) is 8.90. The SMILES string of the molecule is Cc1cc(C)cc(C(=O)NCC(=O)NCCCN2CCCCC2)c1. The van der Waals surface area contributed by atoms with Crippen molar-refractivity contribution in [3.63, 3.8) is 0 Å². The number of amides is 2. The highest BCUT2D eigenvalue weighted by molar-refractivity contribution is 5.96. The summed E-state index contributed by atoms with van der Waals surface area (Å²) >= 11 is 0. The van der Waals surface area contributed by atoms with Gasteiger partial charge < -0.3 is 15.5 Å². The molecule has 0 spiro atoms. The zero-order valence-corrected chi connectivity index (χ0v) is 14.9. The number of nitrogens with zero attached hydrogens (tertiary/aromatic N) is 1. The van der Waals surface area contributed by atoms with Crippen molar-refractivity contribution < 1.29 is 9.59 Å². The molecule has 1 saturated heterocycles. The van der Waals surface area contributed by atoms with Gasteiger partial charge in [0, 0.05) is 12.1 Å². The molecule has 24 heavy (non-hydrogen) atoms. The maximum atomic E-state index is 12.1. The summed E-state index contributed by atoms with van der Waals surface area (Å²) in [6.45, 7) is 8.00. The molecule has 0 unspecified atom stereocenters. The molecule has 1 aliphatic rings. The lowest BCUT2D eigenvalue weighted by Gasteiger charge is -2.26. The van der Waals surface area contributed by atoms with Gasteiger partial charge in [-0.3, -0.25) is 9.59 Å². The number of hydrogen-bond donors (Lipinski definition) is 2. The van der Waals surface area contributed by atoms with Gasteiger partial charge in [0.1, 0.15) is 0 Å². The van der Waals surface area contributed by atoms with E-state index in [9.17, 15) is 9.59 Å². The molecular formula is C19H29N3O2. The Morgan fingerprint density at radius 3 is 2.33 bits per heavy atom. The molecule has 5 nitrogen and oxygen atoms in total. The van der Waals surface area contributed by atoms with E-state index >= 15 is 0 Å². The van der Waals surface area contributed by atoms with Crippen LogP contribution >= 0.6 is 0 Å². The second-order valence-corrected chi connectivity index (χ2v) is 6.66. The number of likely N-dealkylation sites (tertiary alicyclic amines) is 1. The summed E-state index contributed by atoms with van der Waals surface area (Å²) in [4.78, 5) is 26.4. The predicted octanol–water partition coefficient (Wildman–Crippen LogP) is 2.03. The fraction of sp³-hybridized carbons (Fsp3) is 0.579. The number of aryl methyl sites for hydroxylation is 2. The van der Waals surface area contributed by atoms with Crippen LogP contribution in [0.1, 0.15) is 47.2 Å². The summed E-state index contributed by atoms with van der Waals surface area (Å²) in [5, 5.41) is 5.55. The van der Waals surface area contributed by atoms with Crippen molar-refractivity contribution >= 4 is 11.8 Å². The number of carbonyl (C=O) groups excluding carboxylic acids is 2. The molecule has 0 radical (unpaired) electrons. The number of benzene rings is 1. The van der Waals surface area contributed by atoms with Crippen LogP contribution in [0, 0.1) is 13.8 Å². The molecule has 2 rings (SSSR count). The van der Waals surface area contributed by atoms with Gasteiger partial charge in [0.15, 0.2) is 0 Å². The first-order valence-corrected chi connectivity index (χ1v) is 8.90. The van der Waals surface area contributed by atoms with Gasteiger partial charge >= 0.3 is 0 Å². The van der Waals surface area contributed by atoms with Gasteiger partial charge in [0.2, 0.25) is 5.91 Å². The second-order valence-electron chi connectivity index (χ2n) is 6.66. The number of hydrogen-bond acceptors (Lipinski definition) is 3. The van der Waals surface area contributed by atoms with Crippen LogP contribution < -0.4 is 10.6 Å². The molecule has 0 bridgehead atoms. The molecule has 5 heteroatoms. The van der Waals surface area contributed by atoms with Crippen molar-refractivity contribution in [2.45, 2.75) is 39.5 Å². The van der Waals surface area contributed by atoms with Crippen molar-refractivity contribution in [1.29, 1.82) is 0 Å². The van der Waals surface area contributed by atoms with Crippen molar-refractivity contribution in [2.24, 2.45) is 0 Å². The van der Waals surface area contributed by atoms with Gasteiger partial charge in [-0.2, -0.15) is 0 Å².